The van der Waals surface area contributed by atoms with Gasteiger partial charge >= 0.3 is 0 Å². The van der Waals surface area contributed by atoms with E-state index < -0.39 is 0 Å². The van der Waals surface area contributed by atoms with Crippen molar-refractivity contribution in [2.24, 2.45) is 0 Å². The summed E-state index contributed by atoms with van der Waals surface area (Å²) in [5.41, 5.74) is 14.9. The fraction of sp³-hybridized carbons (Fsp3) is 0.0556. The molecule has 59 heavy (non-hydrogen) atoms. The zero-order chi connectivity index (χ0) is 39.2. The molecule has 0 atom stereocenters. The normalized spacial score (nSPS) is 13.1. The van der Waals surface area contributed by atoms with Crippen molar-refractivity contribution in [1.29, 1.82) is 0 Å². The highest BCUT2D eigenvalue weighted by Crippen LogP contribution is 2.53. The quantitative estimate of drug-likeness (QED) is 0.175. The van der Waals surface area contributed by atoms with Crippen molar-refractivity contribution < 1.29 is 4.42 Å². The second kappa shape index (κ2) is 12.7. The van der Waals surface area contributed by atoms with E-state index in [1.165, 1.54) is 33.0 Å². The first kappa shape index (κ1) is 33.5. The number of fused-ring (bicyclic) bond motifs is 10. The van der Waals surface area contributed by atoms with Gasteiger partial charge in [-0.2, -0.15) is 0 Å². The number of furan rings is 1. The van der Waals surface area contributed by atoms with Gasteiger partial charge in [-0.3, -0.25) is 0 Å². The Balaban J connectivity index is 1.16. The van der Waals surface area contributed by atoms with Crippen LogP contribution in [0.1, 0.15) is 25.0 Å². The van der Waals surface area contributed by atoms with Gasteiger partial charge in [0, 0.05) is 43.7 Å². The van der Waals surface area contributed by atoms with E-state index in [2.05, 4.69) is 134 Å². The summed E-state index contributed by atoms with van der Waals surface area (Å²) in [5, 5.41) is 4.47. The van der Waals surface area contributed by atoms with Crippen LogP contribution < -0.4 is 0 Å². The van der Waals surface area contributed by atoms with Crippen LogP contribution in [0, 0.1) is 0 Å². The third-order valence-corrected chi connectivity index (χ3v) is 12.2. The van der Waals surface area contributed by atoms with Crippen molar-refractivity contribution in [2.75, 3.05) is 0 Å². The van der Waals surface area contributed by atoms with Crippen molar-refractivity contribution in [3.05, 3.63) is 193 Å². The Morgan fingerprint density at radius 1 is 0.441 bits per heavy atom. The first-order valence-electron chi connectivity index (χ1n) is 20.1. The first-order chi connectivity index (χ1) is 29.0. The van der Waals surface area contributed by atoms with Crippen LogP contribution >= 0.6 is 0 Å². The minimum Gasteiger partial charge on any atom is -0.454 e. The average Bonchev–Trinajstić information content (AvgIpc) is 3.92. The van der Waals surface area contributed by atoms with E-state index in [-0.39, 0.29) is 5.41 Å². The Morgan fingerprint density at radius 3 is 1.78 bits per heavy atom. The number of benzene rings is 8. The lowest BCUT2D eigenvalue weighted by molar-refractivity contribution is 0.666. The molecular weight excluding hydrogens is 721 g/mol. The van der Waals surface area contributed by atoms with Gasteiger partial charge in [-0.1, -0.05) is 166 Å². The summed E-state index contributed by atoms with van der Waals surface area (Å²) in [7, 11) is 0. The van der Waals surface area contributed by atoms with Crippen molar-refractivity contribution in [2.45, 2.75) is 19.3 Å². The van der Waals surface area contributed by atoms with Crippen molar-refractivity contribution in [1.82, 2.24) is 19.5 Å². The number of para-hydroxylation sites is 2. The maximum atomic E-state index is 7.15. The van der Waals surface area contributed by atoms with Crippen LogP contribution in [0.4, 0.5) is 0 Å². The molecule has 0 N–H and O–H groups in total. The van der Waals surface area contributed by atoms with E-state index in [4.69, 9.17) is 19.4 Å². The van der Waals surface area contributed by atoms with Gasteiger partial charge in [0.15, 0.2) is 23.1 Å². The molecule has 0 amide bonds. The number of rotatable bonds is 5. The Hall–Kier alpha value is -7.63. The second-order valence-electron chi connectivity index (χ2n) is 16.0. The molecule has 0 saturated heterocycles. The summed E-state index contributed by atoms with van der Waals surface area (Å²) in [6, 6.07) is 63.9. The molecule has 0 radical (unpaired) electrons. The topological polar surface area (TPSA) is 56.7 Å². The van der Waals surface area contributed by atoms with Crippen LogP contribution in [-0.2, 0) is 5.41 Å². The summed E-state index contributed by atoms with van der Waals surface area (Å²) >= 11 is 0. The second-order valence-corrected chi connectivity index (χ2v) is 16.0. The molecule has 12 rings (SSSR count). The van der Waals surface area contributed by atoms with Crippen LogP contribution in [-0.4, -0.2) is 19.5 Å². The predicted molar refractivity (Wildman–Crippen MR) is 241 cm³/mol. The molecule has 1 aliphatic carbocycles. The lowest BCUT2D eigenvalue weighted by Crippen LogP contribution is -2.15. The van der Waals surface area contributed by atoms with Gasteiger partial charge in [-0.25, -0.2) is 15.0 Å². The van der Waals surface area contributed by atoms with Gasteiger partial charge in [0.05, 0.1) is 16.7 Å². The third-order valence-electron chi connectivity index (χ3n) is 12.2. The maximum Gasteiger partial charge on any atom is 0.164 e. The molecule has 3 aromatic heterocycles. The molecule has 1 aliphatic rings. The van der Waals surface area contributed by atoms with Crippen LogP contribution in [0.2, 0.25) is 0 Å². The van der Waals surface area contributed by atoms with Crippen LogP contribution in [0.5, 0.6) is 0 Å². The molecule has 0 bridgehead atoms. The molecule has 5 nitrogen and oxygen atoms in total. The highest BCUT2D eigenvalue weighted by molar-refractivity contribution is 6.18. The number of aromatic nitrogens is 4. The van der Waals surface area contributed by atoms with Gasteiger partial charge in [0.25, 0.3) is 0 Å². The maximum absolute atomic E-state index is 7.15. The summed E-state index contributed by atoms with van der Waals surface area (Å²) in [6.07, 6.45) is 0. The van der Waals surface area contributed by atoms with Crippen molar-refractivity contribution in [3.8, 4) is 62.1 Å². The Morgan fingerprint density at radius 2 is 1.05 bits per heavy atom. The minimum absolute atomic E-state index is 0.170. The predicted octanol–water partition coefficient (Wildman–Crippen LogP) is 13.8. The largest absolute Gasteiger partial charge is 0.454 e. The van der Waals surface area contributed by atoms with E-state index in [9.17, 15) is 0 Å². The third kappa shape index (κ3) is 5.01. The van der Waals surface area contributed by atoms with Crippen molar-refractivity contribution in [3.63, 3.8) is 0 Å². The van der Waals surface area contributed by atoms with Gasteiger partial charge in [0.2, 0.25) is 0 Å². The number of hydrogen-bond donors (Lipinski definition) is 0. The highest BCUT2D eigenvalue weighted by atomic mass is 16.3. The Bertz CT molecular complexity index is 3400. The van der Waals surface area contributed by atoms with E-state index in [0.717, 1.165) is 66.5 Å². The first-order valence-corrected chi connectivity index (χ1v) is 20.1. The molecular formula is C54H36N4O. The lowest BCUT2D eigenvalue weighted by atomic mass is 9.80. The molecule has 0 unspecified atom stereocenters. The molecule has 0 fully saturated rings. The zero-order valence-electron chi connectivity index (χ0n) is 32.5. The van der Waals surface area contributed by atoms with Crippen LogP contribution in [0.15, 0.2) is 186 Å². The summed E-state index contributed by atoms with van der Waals surface area (Å²) in [6.45, 7) is 4.73. The van der Waals surface area contributed by atoms with Gasteiger partial charge in [-0.05, 0) is 63.7 Å². The molecule has 278 valence electrons. The molecule has 5 heteroatoms. The molecule has 11 aromatic rings. The smallest absolute Gasteiger partial charge is 0.164 e. The molecule has 0 aliphatic heterocycles. The lowest BCUT2D eigenvalue weighted by Gasteiger charge is -2.22. The Labute approximate surface area is 340 Å². The molecule has 8 aromatic carbocycles. The van der Waals surface area contributed by atoms with Gasteiger partial charge in [0.1, 0.15) is 5.58 Å². The van der Waals surface area contributed by atoms with Gasteiger partial charge in [-0.15, -0.1) is 0 Å². The standard InChI is InChI=1S/C54H36N4O/c1-54(2)42-26-14-12-23-37(42)38-29-30-44-48(49(38)54)39-24-13-15-27-43(39)58(44)45-28-16-25-40-47-41(31-36(32-46(47)59-50(40)45)33-17-6-3-7-18-33)53-56-51(34-19-8-4-9-20-34)55-52(57-53)35-21-10-5-11-22-35/h3-32H,1-2H3. The summed E-state index contributed by atoms with van der Waals surface area (Å²) in [4.78, 5) is 15.5. The Kier molecular flexibility index (Phi) is 7.20. The minimum atomic E-state index is -0.170. The monoisotopic (exact) mass is 756 g/mol. The van der Waals surface area contributed by atoms with E-state index in [0.29, 0.717) is 17.5 Å². The zero-order valence-corrected chi connectivity index (χ0v) is 32.5. The molecule has 3 heterocycles. The van der Waals surface area contributed by atoms with Crippen LogP contribution in [0.3, 0.4) is 0 Å². The van der Waals surface area contributed by atoms with Crippen molar-refractivity contribution >= 4 is 43.7 Å². The summed E-state index contributed by atoms with van der Waals surface area (Å²) in [5.74, 6) is 1.82. The molecule has 0 spiro atoms. The average molecular weight is 757 g/mol. The SMILES string of the molecule is CC1(C)c2ccccc2-c2ccc3c(c21)c1ccccc1n3-c1cccc2c1oc1cc(-c3ccccc3)cc(-c3nc(-c4ccccc4)nc(-c4ccccc4)n3)c12. The van der Waals surface area contributed by atoms with Crippen LogP contribution in [0.25, 0.3) is 106 Å². The highest BCUT2D eigenvalue weighted by Gasteiger charge is 2.38. The number of hydrogen-bond acceptors (Lipinski definition) is 4. The van der Waals surface area contributed by atoms with Gasteiger partial charge < -0.3 is 8.98 Å². The number of nitrogens with zero attached hydrogens (tertiary/aromatic N) is 4. The van der Waals surface area contributed by atoms with E-state index >= 15 is 0 Å². The fourth-order valence-corrected chi connectivity index (χ4v) is 9.58. The van der Waals surface area contributed by atoms with E-state index in [1.54, 1.807) is 0 Å². The molecule has 0 saturated carbocycles. The summed E-state index contributed by atoms with van der Waals surface area (Å²) < 4.78 is 9.55. The van der Waals surface area contributed by atoms with E-state index in [1.807, 2.05) is 66.7 Å². The fourth-order valence-electron chi connectivity index (χ4n) is 9.58.